The molecule has 1 heterocycles. The molecule has 4 rings (SSSR count). The van der Waals surface area contributed by atoms with Crippen LogP contribution >= 0.6 is 23.2 Å². The molecule has 1 atom stereocenters. The lowest BCUT2D eigenvalue weighted by molar-refractivity contribution is -0.137. The Hall–Kier alpha value is -3.56. The lowest BCUT2D eigenvalue weighted by atomic mass is 9.94. The van der Waals surface area contributed by atoms with Gasteiger partial charge in [0.15, 0.2) is 5.75 Å². The summed E-state index contributed by atoms with van der Waals surface area (Å²) < 4.78 is 59.1. The molecule has 186 valence electrons. The van der Waals surface area contributed by atoms with Crippen molar-refractivity contribution < 1.29 is 37.0 Å². The Kier molecular flexibility index (Phi) is 6.72. The van der Waals surface area contributed by atoms with Crippen molar-refractivity contribution in [3.05, 3.63) is 98.8 Å². The third-order valence-electron chi connectivity index (χ3n) is 5.59. The fraction of sp³-hybridized carbons (Fsp3) is 0.120. The molecule has 11 heteroatoms. The molecule has 1 unspecified atom stereocenters. The number of alkyl halides is 3. The fourth-order valence-corrected chi connectivity index (χ4v) is 4.59. The summed E-state index contributed by atoms with van der Waals surface area (Å²) in [7, 11) is 1.32. The lowest BCUT2D eigenvalue weighted by Crippen LogP contribution is -2.30. The first-order chi connectivity index (χ1) is 17.0. The number of rotatable bonds is 4. The zero-order valence-corrected chi connectivity index (χ0v) is 19.7. The number of hydrogen-bond acceptors (Lipinski definition) is 4. The monoisotopic (exact) mass is 539 g/mol. The molecule has 1 N–H and O–H groups in total. The predicted octanol–water partition coefficient (Wildman–Crippen LogP) is 6.79. The number of anilines is 1. The number of aliphatic hydroxyl groups excluding tert-OH is 1. The number of methoxy groups -OCH3 is 1. The second kappa shape index (κ2) is 9.48. The maximum Gasteiger partial charge on any atom is 0.416 e. The Balaban J connectivity index is 1.95. The molecule has 3 aromatic carbocycles. The topological polar surface area (TPSA) is 66.8 Å². The molecule has 1 aliphatic heterocycles. The number of carbonyl (C=O) groups is 2. The summed E-state index contributed by atoms with van der Waals surface area (Å²) >= 11 is 12.3. The Bertz CT molecular complexity index is 1380. The summed E-state index contributed by atoms with van der Waals surface area (Å²) in [6.07, 6.45) is -4.63. The van der Waals surface area contributed by atoms with E-state index in [-0.39, 0.29) is 32.6 Å². The van der Waals surface area contributed by atoms with E-state index >= 15 is 0 Å². The van der Waals surface area contributed by atoms with Crippen LogP contribution < -0.4 is 9.64 Å². The van der Waals surface area contributed by atoms with Crippen LogP contribution in [0, 0.1) is 5.82 Å². The van der Waals surface area contributed by atoms with Crippen LogP contribution in [-0.2, 0) is 15.8 Å². The molecular formula is C25H15Cl2F4NO4. The number of amides is 1. The van der Waals surface area contributed by atoms with E-state index in [0.29, 0.717) is 0 Å². The predicted molar refractivity (Wildman–Crippen MR) is 126 cm³/mol. The van der Waals surface area contributed by atoms with Crippen molar-refractivity contribution in [2.75, 3.05) is 12.0 Å². The van der Waals surface area contributed by atoms with Crippen LogP contribution in [0.3, 0.4) is 0 Å². The molecule has 0 bridgehead atoms. The standard InChI is InChI=1S/C25H15Cl2F4NO4/c1-36-23-16(26)10-12(11-17(23)27)21(33)19-20(15-4-2-3-5-18(15)28)32(24(35)22(19)34)14-8-6-13(7-9-14)25(29,30)31/h2-11,20,33H,1H3/b21-19+. The quantitative estimate of drug-likeness (QED) is 0.171. The summed E-state index contributed by atoms with van der Waals surface area (Å²) in [6, 6.07) is 9.64. The highest BCUT2D eigenvalue weighted by molar-refractivity contribution is 6.51. The average molecular weight is 540 g/mol. The van der Waals surface area contributed by atoms with Gasteiger partial charge in [-0.25, -0.2) is 4.39 Å². The maximum atomic E-state index is 14.9. The Morgan fingerprint density at radius 3 is 2.11 bits per heavy atom. The average Bonchev–Trinajstić information content (AvgIpc) is 3.08. The van der Waals surface area contributed by atoms with E-state index < -0.39 is 46.6 Å². The van der Waals surface area contributed by atoms with Gasteiger partial charge in [0.1, 0.15) is 11.6 Å². The molecule has 0 radical (unpaired) electrons. The van der Waals surface area contributed by atoms with Crippen molar-refractivity contribution in [1.29, 1.82) is 0 Å². The van der Waals surface area contributed by atoms with Crippen molar-refractivity contribution in [2.24, 2.45) is 0 Å². The SMILES string of the molecule is COc1c(Cl)cc(/C(O)=C2\C(=O)C(=O)N(c3ccc(C(F)(F)F)cc3)C2c2ccccc2F)cc1Cl. The summed E-state index contributed by atoms with van der Waals surface area (Å²) in [4.78, 5) is 27.0. The van der Waals surface area contributed by atoms with Crippen LogP contribution in [0.2, 0.25) is 10.0 Å². The van der Waals surface area contributed by atoms with Crippen molar-refractivity contribution in [3.63, 3.8) is 0 Å². The van der Waals surface area contributed by atoms with Gasteiger partial charge in [0.2, 0.25) is 0 Å². The summed E-state index contributed by atoms with van der Waals surface area (Å²) in [5.74, 6) is -3.76. The highest BCUT2D eigenvalue weighted by atomic mass is 35.5. The number of aliphatic hydroxyl groups is 1. The number of hydrogen-bond donors (Lipinski definition) is 1. The Morgan fingerprint density at radius 1 is 1.00 bits per heavy atom. The van der Waals surface area contributed by atoms with Crippen molar-refractivity contribution >= 4 is 46.3 Å². The van der Waals surface area contributed by atoms with Gasteiger partial charge in [-0.2, -0.15) is 13.2 Å². The van der Waals surface area contributed by atoms with E-state index in [2.05, 4.69) is 0 Å². The molecule has 0 aromatic heterocycles. The van der Waals surface area contributed by atoms with E-state index in [1.807, 2.05) is 0 Å². The van der Waals surface area contributed by atoms with Gasteiger partial charge >= 0.3 is 6.18 Å². The first kappa shape index (κ1) is 25.5. The summed E-state index contributed by atoms with van der Waals surface area (Å²) in [6.45, 7) is 0. The lowest BCUT2D eigenvalue weighted by Gasteiger charge is -2.26. The van der Waals surface area contributed by atoms with Crippen LogP contribution in [-0.4, -0.2) is 23.9 Å². The summed E-state index contributed by atoms with van der Waals surface area (Å²) in [5, 5.41) is 11.1. The third kappa shape index (κ3) is 4.40. The molecule has 1 saturated heterocycles. The molecule has 1 amide bonds. The molecule has 1 aliphatic rings. The van der Waals surface area contributed by atoms with E-state index in [0.717, 1.165) is 35.2 Å². The number of halogens is 6. The Morgan fingerprint density at radius 2 is 1.58 bits per heavy atom. The van der Waals surface area contributed by atoms with E-state index in [9.17, 15) is 32.3 Å². The minimum atomic E-state index is -4.63. The normalized spacial score (nSPS) is 17.5. The van der Waals surface area contributed by atoms with Gasteiger partial charge in [-0.05, 0) is 42.5 Å². The second-order valence-electron chi connectivity index (χ2n) is 7.71. The highest BCUT2D eigenvalue weighted by Gasteiger charge is 2.48. The van der Waals surface area contributed by atoms with Crippen LogP contribution in [0.5, 0.6) is 5.75 Å². The van der Waals surface area contributed by atoms with Crippen molar-refractivity contribution in [3.8, 4) is 5.75 Å². The van der Waals surface area contributed by atoms with Gasteiger partial charge < -0.3 is 9.84 Å². The Labute approximate surface area is 212 Å². The second-order valence-corrected chi connectivity index (χ2v) is 8.52. The molecular weight excluding hydrogens is 525 g/mol. The van der Waals surface area contributed by atoms with Crippen LogP contribution in [0.15, 0.2) is 66.2 Å². The smallest absolute Gasteiger partial charge is 0.416 e. The fourth-order valence-electron chi connectivity index (χ4n) is 3.95. The van der Waals surface area contributed by atoms with Crippen LogP contribution in [0.4, 0.5) is 23.2 Å². The van der Waals surface area contributed by atoms with E-state index in [4.69, 9.17) is 27.9 Å². The molecule has 0 aliphatic carbocycles. The van der Waals surface area contributed by atoms with Crippen LogP contribution in [0.1, 0.15) is 22.7 Å². The van der Waals surface area contributed by atoms with E-state index in [1.165, 1.54) is 37.4 Å². The molecule has 0 spiro atoms. The first-order valence-corrected chi connectivity index (χ1v) is 11.0. The molecule has 1 fully saturated rings. The zero-order valence-electron chi connectivity index (χ0n) is 18.2. The number of ketones is 1. The third-order valence-corrected chi connectivity index (χ3v) is 6.15. The van der Waals surface area contributed by atoms with Crippen LogP contribution in [0.25, 0.3) is 5.76 Å². The molecule has 36 heavy (non-hydrogen) atoms. The number of nitrogens with zero attached hydrogens (tertiary/aromatic N) is 1. The summed E-state index contributed by atoms with van der Waals surface area (Å²) in [5.41, 5.74) is -1.81. The number of benzene rings is 3. The number of Topliss-reactive ketones (excluding diaryl/α,β-unsaturated/α-hetero) is 1. The largest absolute Gasteiger partial charge is 0.507 e. The van der Waals surface area contributed by atoms with E-state index in [1.54, 1.807) is 0 Å². The highest BCUT2D eigenvalue weighted by Crippen LogP contribution is 2.44. The van der Waals surface area contributed by atoms with Crippen molar-refractivity contribution in [2.45, 2.75) is 12.2 Å². The molecule has 0 saturated carbocycles. The maximum absolute atomic E-state index is 14.9. The number of ether oxygens (including phenoxy) is 1. The minimum Gasteiger partial charge on any atom is -0.507 e. The molecule has 3 aromatic rings. The number of carbonyl (C=O) groups excluding carboxylic acids is 2. The zero-order chi connectivity index (χ0) is 26.4. The first-order valence-electron chi connectivity index (χ1n) is 10.2. The minimum absolute atomic E-state index is 0.00837. The van der Waals surface area contributed by atoms with Gasteiger partial charge in [0.05, 0.1) is 34.3 Å². The molecule has 5 nitrogen and oxygen atoms in total. The van der Waals surface area contributed by atoms with Gasteiger partial charge in [0.25, 0.3) is 11.7 Å². The van der Waals surface area contributed by atoms with Gasteiger partial charge in [0, 0.05) is 16.8 Å². The van der Waals surface area contributed by atoms with Gasteiger partial charge in [-0.1, -0.05) is 41.4 Å². The van der Waals surface area contributed by atoms with Gasteiger partial charge in [-0.3, -0.25) is 14.5 Å². The van der Waals surface area contributed by atoms with Gasteiger partial charge in [-0.15, -0.1) is 0 Å². The van der Waals surface area contributed by atoms with Crippen molar-refractivity contribution in [1.82, 2.24) is 0 Å².